The summed E-state index contributed by atoms with van der Waals surface area (Å²) in [6, 6.07) is 8.85. The molecule has 22 heavy (non-hydrogen) atoms. The molecule has 0 N–H and O–H groups in total. The maximum absolute atomic E-state index is 12.7. The highest BCUT2D eigenvalue weighted by atomic mass is 19.4. The second-order valence-electron chi connectivity index (χ2n) is 4.91. The molecule has 1 unspecified atom stereocenters. The van der Waals surface area contributed by atoms with Crippen molar-refractivity contribution < 1.29 is 27.5 Å². The molecule has 0 aromatic heterocycles. The Labute approximate surface area is 126 Å². The van der Waals surface area contributed by atoms with E-state index in [9.17, 15) is 22.8 Å². The second kappa shape index (κ2) is 7.82. The Kier molecular flexibility index (Phi) is 6.39. The summed E-state index contributed by atoms with van der Waals surface area (Å²) in [7, 11) is 1.15. The van der Waals surface area contributed by atoms with Crippen LogP contribution in [-0.2, 0) is 20.7 Å². The normalized spacial score (nSPS) is 12.6. The van der Waals surface area contributed by atoms with Crippen LogP contribution in [0.5, 0.6) is 0 Å². The van der Waals surface area contributed by atoms with Gasteiger partial charge in [0.15, 0.2) is 0 Å². The quantitative estimate of drug-likeness (QED) is 0.757. The minimum absolute atomic E-state index is 0.121. The van der Waals surface area contributed by atoms with Crippen molar-refractivity contribution in [1.29, 1.82) is 0 Å². The van der Waals surface area contributed by atoms with Gasteiger partial charge in [-0.2, -0.15) is 13.2 Å². The lowest BCUT2D eigenvalue weighted by molar-refractivity contribution is -0.186. The van der Waals surface area contributed by atoms with E-state index in [1.54, 1.807) is 30.3 Å². The molecule has 0 aliphatic carbocycles. The third-order valence-electron chi connectivity index (χ3n) is 3.14. The molecule has 1 rings (SSSR count). The van der Waals surface area contributed by atoms with Gasteiger partial charge in [0.05, 0.1) is 13.0 Å². The van der Waals surface area contributed by atoms with E-state index in [-0.39, 0.29) is 19.5 Å². The SMILES string of the molecule is COC(=O)C(C)CN(CCc1ccccc1)C(=O)C(F)(F)F. The van der Waals surface area contributed by atoms with E-state index in [1.165, 1.54) is 6.92 Å². The van der Waals surface area contributed by atoms with Gasteiger partial charge < -0.3 is 9.64 Å². The monoisotopic (exact) mass is 317 g/mol. The number of carbonyl (C=O) groups excluding carboxylic acids is 2. The molecule has 1 atom stereocenters. The number of rotatable bonds is 6. The van der Waals surface area contributed by atoms with Gasteiger partial charge in [0.1, 0.15) is 0 Å². The first kappa shape index (κ1) is 18.0. The molecule has 0 aliphatic rings. The molecule has 0 saturated heterocycles. The van der Waals surface area contributed by atoms with Crippen molar-refractivity contribution in [3.63, 3.8) is 0 Å². The molecule has 0 aliphatic heterocycles. The van der Waals surface area contributed by atoms with Crippen LogP contribution in [0.25, 0.3) is 0 Å². The zero-order valence-corrected chi connectivity index (χ0v) is 12.4. The Balaban J connectivity index is 2.78. The summed E-state index contributed by atoms with van der Waals surface area (Å²) in [6.45, 7) is 0.965. The summed E-state index contributed by atoms with van der Waals surface area (Å²) in [5.41, 5.74) is 0.813. The number of halogens is 3. The van der Waals surface area contributed by atoms with E-state index in [4.69, 9.17) is 0 Å². The standard InChI is InChI=1S/C15H18F3NO3/c1-11(13(20)22-2)10-19(14(21)15(16,17)18)9-8-12-6-4-3-5-7-12/h3-7,11H,8-10H2,1-2H3. The van der Waals surface area contributed by atoms with Crippen molar-refractivity contribution >= 4 is 11.9 Å². The average molecular weight is 317 g/mol. The molecule has 4 nitrogen and oxygen atoms in total. The van der Waals surface area contributed by atoms with E-state index in [0.717, 1.165) is 12.7 Å². The molecule has 7 heteroatoms. The minimum atomic E-state index is -4.97. The minimum Gasteiger partial charge on any atom is -0.469 e. The second-order valence-corrected chi connectivity index (χ2v) is 4.91. The van der Waals surface area contributed by atoms with Crippen LogP contribution in [-0.4, -0.2) is 43.2 Å². The number of carbonyl (C=O) groups is 2. The third-order valence-corrected chi connectivity index (χ3v) is 3.14. The van der Waals surface area contributed by atoms with E-state index < -0.39 is 24.0 Å². The number of esters is 1. The van der Waals surface area contributed by atoms with Gasteiger partial charge in [0, 0.05) is 13.1 Å². The van der Waals surface area contributed by atoms with Crippen LogP contribution in [0.2, 0.25) is 0 Å². The van der Waals surface area contributed by atoms with Gasteiger partial charge >= 0.3 is 18.1 Å². The van der Waals surface area contributed by atoms with Gasteiger partial charge in [-0.05, 0) is 12.0 Å². The maximum atomic E-state index is 12.7. The van der Waals surface area contributed by atoms with Gasteiger partial charge in [-0.1, -0.05) is 37.3 Å². The van der Waals surface area contributed by atoms with Crippen molar-refractivity contribution in [2.45, 2.75) is 19.5 Å². The van der Waals surface area contributed by atoms with E-state index in [2.05, 4.69) is 4.74 Å². The Morgan fingerprint density at radius 3 is 2.32 bits per heavy atom. The van der Waals surface area contributed by atoms with Crippen LogP contribution >= 0.6 is 0 Å². The number of methoxy groups -OCH3 is 1. The van der Waals surface area contributed by atoms with Crippen molar-refractivity contribution in [3.05, 3.63) is 35.9 Å². The van der Waals surface area contributed by atoms with E-state index in [0.29, 0.717) is 4.90 Å². The first-order valence-corrected chi connectivity index (χ1v) is 6.73. The lowest BCUT2D eigenvalue weighted by Crippen LogP contribution is -2.45. The average Bonchev–Trinajstić information content (AvgIpc) is 2.49. The van der Waals surface area contributed by atoms with Gasteiger partial charge in [-0.15, -0.1) is 0 Å². The Hall–Kier alpha value is -2.05. The van der Waals surface area contributed by atoms with Crippen LogP contribution in [0.15, 0.2) is 30.3 Å². The molecule has 0 radical (unpaired) electrons. The first-order valence-electron chi connectivity index (χ1n) is 6.73. The Morgan fingerprint density at radius 2 is 1.82 bits per heavy atom. The lowest BCUT2D eigenvalue weighted by Gasteiger charge is -2.26. The molecule has 0 bridgehead atoms. The van der Waals surface area contributed by atoms with Gasteiger partial charge in [-0.3, -0.25) is 9.59 Å². The molecule has 1 aromatic rings. The highest BCUT2D eigenvalue weighted by molar-refractivity contribution is 5.82. The number of hydrogen-bond donors (Lipinski definition) is 0. The van der Waals surface area contributed by atoms with Crippen LogP contribution < -0.4 is 0 Å². The summed E-state index contributed by atoms with van der Waals surface area (Å²) >= 11 is 0. The molecule has 0 spiro atoms. The lowest BCUT2D eigenvalue weighted by atomic mass is 10.1. The molecule has 0 fully saturated rings. The topological polar surface area (TPSA) is 46.6 Å². The predicted octanol–water partition coefficient (Wildman–Crippen LogP) is 2.43. The number of nitrogens with zero attached hydrogens (tertiary/aromatic N) is 1. The van der Waals surface area contributed by atoms with E-state index >= 15 is 0 Å². The predicted molar refractivity (Wildman–Crippen MR) is 74.0 cm³/mol. The fourth-order valence-electron chi connectivity index (χ4n) is 1.97. The van der Waals surface area contributed by atoms with Crippen LogP contribution in [0, 0.1) is 5.92 Å². The van der Waals surface area contributed by atoms with Gasteiger partial charge in [-0.25, -0.2) is 0 Å². The fraction of sp³-hybridized carbons (Fsp3) is 0.467. The van der Waals surface area contributed by atoms with Crippen molar-refractivity contribution in [1.82, 2.24) is 4.90 Å². The smallest absolute Gasteiger partial charge is 0.469 e. The number of ether oxygens (including phenoxy) is 1. The summed E-state index contributed by atoms with van der Waals surface area (Å²) < 4.78 is 42.4. The third kappa shape index (κ3) is 5.38. The van der Waals surface area contributed by atoms with Crippen LogP contribution in [0.1, 0.15) is 12.5 Å². The summed E-state index contributed by atoms with van der Waals surface area (Å²) in [6.07, 6.45) is -4.69. The Bertz CT molecular complexity index is 503. The zero-order chi connectivity index (χ0) is 16.8. The zero-order valence-electron chi connectivity index (χ0n) is 12.4. The fourth-order valence-corrected chi connectivity index (χ4v) is 1.97. The van der Waals surface area contributed by atoms with Gasteiger partial charge in [0.2, 0.25) is 0 Å². The number of alkyl halides is 3. The number of benzene rings is 1. The molecular formula is C15H18F3NO3. The highest BCUT2D eigenvalue weighted by Gasteiger charge is 2.42. The van der Waals surface area contributed by atoms with Crippen LogP contribution in [0.3, 0.4) is 0 Å². The number of hydrogen-bond acceptors (Lipinski definition) is 3. The molecule has 1 amide bonds. The van der Waals surface area contributed by atoms with Gasteiger partial charge in [0.25, 0.3) is 0 Å². The molecule has 0 heterocycles. The number of amides is 1. The van der Waals surface area contributed by atoms with Crippen molar-refractivity contribution in [3.8, 4) is 0 Å². The van der Waals surface area contributed by atoms with Crippen LogP contribution in [0.4, 0.5) is 13.2 Å². The molecule has 122 valence electrons. The summed E-state index contributed by atoms with van der Waals surface area (Å²) in [5.74, 6) is -3.43. The Morgan fingerprint density at radius 1 is 1.23 bits per heavy atom. The highest BCUT2D eigenvalue weighted by Crippen LogP contribution is 2.20. The summed E-state index contributed by atoms with van der Waals surface area (Å²) in [5, 5.41) is 0. The molecule has 0 saturated carbocycles. The maximum Gasteiger partial charge on any atom is 0.471 e. The van der Waals surface area contributed by atoms with E-state index in [1.807, 2.05) is 0 Å². The van der Waals surface area contributed by atoms with Crippen molar-refractivity contribution in [2.75, 3.05) is 20.2 Å². The first-order chi connectivity index (χ1) is 10.3. The summed E-state index contributed by atoms with van der Waals surface area (Å²) in [4.78, 5) is 23.5. The van der Waals surface area contributed by atoms with Crippen molar-refractivity contribution in [2.24, 2.45) is 5.92 Å². The largest absolute Gasteiger partial charge is 0.471 e. The molecular weight excluding hydrogens is 299 g/mol. The molecule has 1 aromatic carbocycles.